The molecule has 0 saturated heterocycles. The van der Waals surface area contributed by atoms with Crippen LogP contribution >= 0.6 is 0 Å². The van der Waals surface area contributed by atoms with Gasteiger partial charge in [0.25, 0.3) is 0 Å². The van der Waals surface area contributed by atoms with Gasteiger partial charge >= 0.3 is 0 Å². The van der Waals surface area contributed by atoms with E-state index in [2.05, 4.69) is 19.2 Å². The van der Waals surface area contributed by atoms with Crippen LogP contribution in [0.2, 0.25) is 0 Å². The van der Waals surface area contributed by atoms with Gasteiger partial charge in [-0.25, -0.2) is 0 Å². The van der Waals surface area contributed by atoms with E-state index < -0.39 is 24.2 Å². The number of carbonyl (C=O) groups is 1. The normalized spacial score (nSPS) is 13.5. The van der Waals surface area contributed by atoms with E-state index in [1.54, 1.807) is 6.08 Å². The Bertz CT molecular complexity index is 773. The summed E-state index contributed by atoms with van der Waals surface area (Å²) in [6.07, 6.45) is 55.8. The summed E-state index contributed by atoms with van der Waals surface area (Å²) < 4.78 is 0. The van der Waals surface area contributed by atoms with Crippen LogP contribution in [0.5, 0.6) is 0 Å². The molecule has 0 aromatic rings. The largest absolute Gasteiger partial charge is 0.394 e. The maximum absolute atomic E-state index is 12.4. The van der Waals surface area contributed by atoms with Crippen LogP contribution in [0.3, 0.4) is 0 Å². The highest BCUT2D eigenvalue weighted by Gasteiger charge is 2.22. The molecular formula is C50H99NO4. The number of aliphatic hydroxyl groups is 3. The minimum atomic E-state index is -1.09. The first-order valence-corrected chi connectivity index (χ1v) is 25.0. The first kappa shape index (κ1) is 54.1. The highest BCUT2D eigenvalue weighted by atomic mass is 16.3. The number of allylic oxidation sites excluding steroid dienone is 1. The second kappa shape index (κ2) is 45.8. The lowest BCUT2D eigenvalue weighted by molar-refractivity contribution is -0.131. The zero-order valence-electron chi connectivity index (χ0n) is 37.3. The third kappa shape index (κ3) is 41.1. The molecule has 0 bridgehead atoms. The van der Waals surface area contributed by atoms with E-state index in [0.29, 0.717) is 6.42 Å². The van der Waals surface area contributed by atoms with Gasteiger partial charge in [0.1, 0.15) is 6.10 Å². The van der Waals surface area contributed by atoms with Gasteiger partial charge in [-0.15, -0.1) is 0 Å². The molecular weight excluding hydrogens is 679 g/mol. The summed E-state index contributed by atoms with van der Waals surface area (Å²) in [4.78, 5) is 12.4. The zero-order chi connectivity index (χ0) is 40.1. The molecule has 0 aliphatic carbocycles. The van der Waals surface area contributed by atoms with Gasteiger partial charge in [0.2, 0.25) is 5.91 Å². The molecule has 3 unspecified atom stereocenters. The lowest BCUT2D eigenvalue weighted by Gasteiger charge is -2.21. The number of unbranched alkanes of at least 4 members (excludes halogenated alkanes) is 38. The third-order valence-corrected chi connectivity index (χ3v) is 11.9. The van der Waals surface area contributed by atoms with Crippen LogP contribution in [0, 0.1) is 0 Å². The van der Waals surface area contributed by atoms with Crippen molar-refractivity contribution in [3.05, 3.63) is 12.2 Å². The van der Waals surface area contributed by atoms with E-state index >= 15 is 0 Å². The molecule has 3 atom stereocenters. The lowest BCUT2D eigenvalue weighted by atomic mass is 10.0. The molecule has 328 valence electrons. The van der Waals surface area contributed by atoms with Crippen LogP contribution < -0.4 is 5.32 Å². The Balaban J connectivity index is 3.45. The molecule has 0 rings (SSSR count). The topological polar surface area (TPSA) is 89.8 Å². The van der Waals surface area contributed by atoms with E-state index in [1.807, 2.05) is 6.08 Å². The van der Waals surface area contributed by atoms with Crippen LogP contribution in [-0.4, -0.2) is 46.1 Å². The molecule has 0 aliphatic heterocycles. The van der Waals surface area contributed by atoms with E-state index in [9.17, 15) is 20.1 Å². The van der Waals surface area contributed by atoms with Crippen molar-refractivity contribution in [1.29, 1.82) is 0 Å². The number of aliphatic hydroxyl groups excluding tert-OH is 3. The molecule has 55 heavy (non-hydrogen) atoms. The Hall–Kier alpha value is -0.910. The van der Waals surface area contributed by atoms with Crippen LogP contribution in [0.25, 0.3) is 0 Å². The van der Waals surface area contributed by atoms with Gasteiger partial charge in [-0.2, -0.15) is 0 Å². The van der Waals surface area contributed by atoms with Crippen molar-refractivity contribution in [2.45, 2.75) is 295 Å². The van der Waals surface area contributed by atoms with Crippen molar-refractivity contribution in [2.24, 2.45) is 0 Å². The number of carbonyl (C=O) groups excluding carboxylic acids is 1. The SMILES string of the molecule is CCCCCCCCCC/C=C/C(O)C(CO)NC(=O)C(O)CCCCCCCCCCCCCCCCCCCCCCCCCCCCCCCCC. The first-order valence-electron chi connectivity index (χ1n) is 25.0. The third-order valence-electron chi connectivity index (χ3n) is 11.9. The predicted molar refractivity (Wildman–Crippen MR) is 241 cm³/mol. The fourth-order valence-corrected chi connectivity index (χ4v) is 7.95. The second-order valence-electron chi connectivity index (χ2n) is 17.4. The Labute approximate surface area is 344 Å². The van der Waals surface area contributed by atoms with Crippen molar-refractivity contribution in [3.63, 3.8) is 0 Å². The van der Waals surface area contributed by atoms with Crippen molar-refractivity contribution < 1.29 is 20.1 Å². The Morgan fingerprint density at radius 3 is 1.00 bits per heavy atom. The predicted octanol–water partition coefficient (Wildman–Crippen LogP) is 14.8. The number of amides is 1. The number of nitrogens with one attached hydrogen (secondary N) is 1. The molecule has 0 aliphatic rings. The van der Waals surface area contributed by atoms with Crippen LogP contribution in [0.15, 0.2) is 12.2 Å². The van der Waals surface area contributed by atoms with Gasteiger partial charge in [-0.3, -0.25) is 4.79 Å². The minimum absolute atomic E-state index is 0.360. The van der Waals surface area contributed by atoms with Crippen LogP contribution in [0.1, 0.15) is 277 Å². The van der Waals surface area contributed by atoms with Gasteiger partial charge < -0.3 is 20.6 Å². The lowest BCUT2D eigenvalue weighted by Crippen LogP contribution is -2.48. The molecule has 0 fully saturated rings. The highest BCUT2D eigenvalue weighted by Crippen LogP contribution is 2.17. The fourth-order valence-electron chi connectivity index (χ4n) is 7.95. The molecule has 0 spiro atoms. The van der Waals surface area contributed by atoms with Crippen molar-refractivity contribution in [2.75, 3.05) is 6.61 Å². The summed E-state index contributed by atoms with van der Waals surface area (Å²) in [6, 6.07) is -0.791. The summed E-state index contributed by atoms with van der Waals surface area (Å²) in [7, 11) is 0. The second-order valence-corrected chi connectivity index (χ2v) is 17.4. The smallest absolute Gasteiger partial charge is 0.249 e. The van der Waals surface area contributed by atoms with Gasteiger partial charge in [-0.1, -0.05) is 270 Å². The number of rotatable bonds is 46. The van der Waals surface area contributed by atoms with Gasteiger partial charge in [-0.05, 0) is 19.3 Å². The molecule has 0 radical (unpaired) electrons. The van der Waals surface area contributed by atoms with E-state index in [4.69, 9.17) is 0 Å². The molecule has 0 heterocycles. The van der Waals surface area contributed by atoms with Gasteiger partial charge in [0, 0.05) is 0 Å². The number of hydrogen-bond donors (Lipinski definition) is 4. The minimum Gasteiger partial charge on any atom is -0.394 e. The van der Waals surface area contributed by atoms with Crippen LogP contribution in [-0.2, 0) is 4.79 Å². The number of hydrogen-bond acceptors (Lipinski definition) is 4. The Kier molecular flexibility index (Phi) is 45.0. The molecule has 0 aromatic heterocycles. The van der Waals surface area contributed by atoms with E-state index in [1.165, 1.54) is 225 Å². The monoisotopic (exact) mass is 778 g/mol. The summed E-state index contributed by atoms with van der Waals surface area (Å²) in [5.41, 5.74) is 0. The highest BCUT2D eigenvalue weighted by molar-refractivity contribution is 5.80. The van der Waals surface area contributed by atoms with Crippen molar-refractivity contribution >= 4 is 5.91 Å². The van der Waals surface area contributed by atoms with Crippen LogP contribution in [0.4, 0.5) is 0 Å². The summed E-state index contributed by atoms with van der Waals surface area (Å²) in [5.74, 6) is -0.500. The average Bonchev–Trinajstić information content (AvgIpc) is 3.19. The van der Waals surface area contributed by atoms with E-state index in [0.717, 1.165) is 32.1 Å². The molecule has 1 amide bonds. The van der Waals surface area contributed by atoms with Crippen molar-refractivity contribution in [3.8, 4) is 0 Å². The maximum atomic E-state index is 12.4. The quantitative estimate of drug-likeness (QED) is 0.0366. The first-order chi connectivity index (χ1) is 27.1. The van der Waals surface area contributed by atoms with Crippen molar-refractivity contribution in [1.82, 2.24) is 5.32 Å². The Morgan fingerprint density at radius 2 is 0.709 bits per heavy atom. The Morgan fingerprint density at radius 1 is 0.436 bits per heavy atom. The maximum Gasteiger partial charge on any atom is 0.249 e. The summed E-state index contributed by atoms with van der Waals surface area (Å²) >= 11 is 0. The summed E-state index contributed by atoms with van der Waals surface area (Å²) in [5, 5.41) is 33.1. The summed E-state index contributed by atoms with van der Waals surface area (Å²) in [6.45, 7) is 4.18. The van der Waals surface area contributed by atoms with Gasteiger partial charge in [0.15, 0.2) is 0 Å². The zero-order valence-corrected chi connectivity index (χ0v) is 37.3. The average molecular weight is 778 g/mol. The molecule has 5 nitrogen and oxygen atoms in total. The molecule has 0 saturated carbocycles. The standard InChI is InChI=1S/C50H99NO4/c1-3-5-7-9-11-13-15-16-17-18-19-20-21-22-23-24-25-26-27-28-29-30-31-32-33-34-35-37-39-41-43-45-49(54)50(55)51-47(46-52)48(53)44-42-40-38-36-14-12-10-8-6-4-2/h42,44,47-49,52-54H,3-41,43,45-46H2,1-2H3,(H,51,55)/b44-42+. The molecule has 0 aromatic carbocycles. The molecule has 5 heteroatoms. The van der Waals surface area contributed by atoms with Gasteiger partial charge in [0.05, 0.1) is 18.8 Å². The fraction of sp³-hybridized carbons (Fsp3) is 0.940. The molecule has 4 N–H and O–H groups in total. The van der Waals surface area contributed by atoms with E-state index in [-0.39, 0.29) is 6.61 Å².